The molecule has 0 aliphatic heterocycles. The Morgan fingerprint density at radius 1 is 1.38 bits per heavy atom. The van der Waals surface area contributed by atoms with Gasteiger partial charge in [0.05, 0.1) is 5.00 Å². The molecular weight excluding hydrogens is 198 g/mol. The van der Waals surface area contributed by atoms with Crippen LogP contribution in [0.25, 0.3) is 10.4 Å². The van der Waals surface area contributed by atoms with Crippen molar-refractivity contribution < 1.29 is 0 Å². The summed E-state index contributed by atoms with van der Waals surface area (Å²) in [5, 5.41) is 2.94. The maximum absolute atomic E-state index is 5.94. The molecular formula is C10H10NS2. The summed E-state index contributed by atoms with van der Waals surface area (Å²) in [6, 6.07) is 5.13. The van der Waals surface area contributed by atoms with Crippen LogP contribution < -0.4 is 5.73 Å². The van der Waals surface area contributed by atoms with Gasteiger partial charge in [0.25, 0.3) is 0 Å². The fourth-order valence-corrected chi connectivity index (χ4v) is 3.11. The summed E-state index contributed by atoms with van der Waals surface area (Å²) >= 11 is 3.35. The first-order chi connectivity index (χ1) is 6.20. The molecule has 2 aromatic heterocycles. The van der Waals surface area contributed by atoms with Crippen LogP contribution in [-0.4, -0.2) is 0 Å². The van der Waals surface area contributed by atoms with Crippen molar-refractivity contribution in [3.05, 3.63) is 28.0 Å². The fourth-order valence-electron chi connectivity index (χ4n) is 1.31. The first kappa shape index (κ1) is 8.78. The monoisotopic (exact) mass is 208 g/mol. The highest BCUT2D eigenvalue weighted by Gasteiger charge is 2.12. The molecule has 0 saturated heterocycles. The van der Waals surface area contributed by atoms with Crippen LogP contribution in [0, 0.1) is 19.9 Å². The molecule has 0 aliphatic carbocycles. The Morgan fingerprint density at radius 3 is 2.62 bits per heavy atom. The molecule has 3 heteroatoms. The number of aryl methyl sites for hydroxylation is 1. The van der Waals surface area contributed by atoms with Gasteiger partial charge in [-0.05, 0) is 30.9 Å². The highest BCUT2D eigenvalue weighted by atomic mass is 32.1. The smallest absolute Gasteiger partial charge is 0.0950 e. The van der Waals surface area contributed by atoms with E-state index in [0.717, 1.165) is 9.88 Å². The van der Waals surface area contributed by atoms with Crippen molar-refractivity contribution in [1.29, 1.82) is 0 Å². The van der Waals surface area contributed by atoms with Gasteiger partial charge < -0.3 is 5.73 Å². The van der Waals surface area contributed by atoms with E-state index in [0.29, 0.717) is 0 Å². The third-order valence-electron chi connectivity index (χ3n) is 2.11. The zero-order valence-electron chi connectivity index (χ0n) is 7.55. The standard InChI is InChI=1S/C10H10NS2/c1-6-7(2)13-10(11)9(6)8-4-3-5-12-8/h3,5H,11H2,1-2H3. The summed E-state index contributed by atoms with van der Waals surface area (Å²) in [6.45, 7) is 4.22. The maximum atomic E-state index is 5.94. The van der Waals surface area contributed by atoms with Crippen LogP contribution in [0.4, 0.5) is 5.00 Å². The van der Waals surface area contributed by atoms with E-state index in [1.165, 1.54) is 16.0 Å². The van der Waals surface area contributed by atoms with Gasteiger partial charge in [0.15, 0.2) is 0 Å². The van der Waals surface area contributed by atoms with E-state index < -0.39 is 0 Å². The second kappa shape index (κ2) is 3.16. The highest BCUT2D eigenvalue weighted by Crippen LogP contribution is 2.39. The molecule has 0 fully saturated rings. The fraction of sp³-hybridized carbons (Fsp3) is 0.200. The van der Waals surface area contributed by atoms with E-state index in [2.05, 4.69) is 19.9 Å². The van der Waals surface area contributed by atoms with Crippen molar-refractivity contribution >= 4 is 27.7 Å². The Hall–Kier alpha value is -0.800. The van der Waals surface area contributed by atoms with Crippen molar-refractivity contribution in [2.45, 2.75) is 13.8 Å². The van der Waals surface area contributed by atoms with Gasteiger partial charge in [-0.2, -0.15) is 0 Å². The predicted octanol–water partition coefficient (Wildman–Crippen LogP) is 3.48. The first-order valence-corrected chi connectivity index (χ1v) is 5.70. The Balaban J connectivity index is 2.64. The number of hydrogen-bond acceptors (Lipinski definition) is 3. The van der Waals surface area contributed by atoms with Gasteiger partial charge in [0.2, 0.25) is 0 Å². The molecule has 0 atom stereocenters. The summed E-state index contributed by atoms with van der Waals surface area (Å²) in [5.74, 6) is 0. The second-order valence-electron chi connectivity index (χ2n) is 2.92. The average molecular weight is 208 g/mol. The normalized spacial score (nSPS) is 10.6. The van der Waals surface area contributed by atoms with Gasteiger partial charge in [-0.25, -0.2) is 0 Å². The van der Waals surface area contributed by atoms with Crippen LogP contribution in [0.15, 0.2) is 11.4 Å². The summed E-state index contributed by atoms with van der Waals surface area (Å²) in [4.78, 5) is 2.45. The number of hydrogen-bond donors (Lipinski definition) is 1. The van der Waals surface area contributed by atoms with Crippen LogP contribution >= 0.6 is 22.7 Å². The number of nitrogens with two attached hydrogens (primary N) is 1. The molecule has 0 spiro atoms. The molecule has 0 unspecified atom stereocenters. The Bertz CT molecular complexity index is 412. The lowest BCUT2D eigenvalue weighted by Gasteiger charge is -1.97. The van der Waals surface area contributed by atoms with Gasteiger partial charge in [-0.1, -0.05) is 0 Å². The van der Waals surface area contributed by atoms with E-state index in [1.807, 2.05) is 11.4 Å². The van der Waals surface area contributed by atoms with Gasteiger partial charge in [0.1, 0.15) is 0 Å². The number of thiophene rings is 2. The third-order valence-corrected chi connectivity index (χ3v) is 3.97. The van der Waals surface area contributed by atoms with E-state index in [-0.39, 0.29) is 0 Å². The molecule has 1 nitrogen and oxygen atoms in total. The largest absolute Gasteiger partial charge is 0.390 e. The van der Waals surface area contributed by atoms with Crippen molar-refractivity contribution in [3.8, 4) is 10.4 Å². The summed E-state index contributed by atoms with van der Waals surface area (Å²) in [7, 11) is 0. The topological polar surface area (TPSA) is 26.0 Å². The summed E-state index contributed by atoms with van der Waals surface area (Å²) in [6.07, 6.45) is 0. The average Bonchev–Trinajstić information content (AvgIpc) is 2.63. The molecule has 0 aromatic carbocycles. The Labute approximate surface area is 85.8 Å². The minimum Gasteiger partial charge on any atom is -0.390 e. The van der Waals surface area contributed by atoms with Crippen LogP contribution in [0.3, 0.4) is 0 Å². The molecule has 2 rings (SSSR count). The van der Waals surface area contributed by atoms with Crippen LogP contribution in [-0.2, 0) is 0 Å². The highest BCUT2D eigenvalue weighted by molar-refractivity contribution is 7.18. The van der Waals surface area contributed by atoms with E-state index in [1.54, 1.807) is 22.7 Å². The lowest BCUT2D eigenvalue weighted by molar-refractivity contribution is 1.45. The number of anilines is 1. The minimum absolute atomic E-state index is 0.911. The van der Waals surface area contributed by atoms with Crippen molar-refractivity contribution in [2.24, 2.45) is 0 Å². The number of rotatable bonds is 1. The summed E-state index contributed by atoms with van der Waals surface area (Å²) < 4.78 is 0. The van der Waals surface area contributed by atoms with Gasteiger partial charge in [0, 0.05) is 21.4 Å². The van der Waals surface area contributed by atoms with Gasteiger partial charge in [-0.3, -0.25) is 0 Å². The Morgan fingerprint density at radius 2 is 2.15 bits per heavy atom. The molecule has 0 amide bonds. The SMILES string of the molecule is Cc1sc(N)c(-c2[c]ccs2)c1C. The van der Waals surface area contributed by atoms with Gasteiger partial charge in [-0.15, -0.1) is 22.7 Å². The number of nitrogen functional groups attached to an aromatic ring is 1. The van der Waals surface area contributed by atoms with Crippen molar-refractivity contribution in [3.63, 3.8) is 0 Å². The zero-order chi connectivity index (χ0) is 9.42. The van der Waals surface area contributed by atoms with Crippen LogP contribution in [0.1, 0.15) is 10.4 Å². The lowest BCUT2D eigenvalue weighted by Crippen LogP contribution is -1.83. The molecule has 0 bridgehead atoms. The maximum Gasteiger partial charge on any atom is 0.0950 e. The lowest BCUT2D eigenvalue weighted by atomic mass is 10.1. The summed E-state index contributed by atoms with van der Waals surface area (Å²) in [5.41, 5.74) is 8.41. The quantitative estimate of drug-likeness (QED) is 0.763. The second-order valence-corrected chi connectivity index (χ2v) is 5.09. The third kappa shape index (κ3) is 1.38. The van der Waals surface area contributed by atoms with Crippen molar-refractivity contribution in [2.75, 3.05) is 5.73 Å². The predicted molar refractivity (Wildman–Crippen MR) is 60.4 cm³/mol. The minimum atomic E-state index is 0.911. The first-order valence-electron chi connectivity index (χ1n) is 4.01. The molecule has 1 radical (unpaired) electrons. The van der Waals surface area contributed by atoms with Gasteiger partial charge >= 0.3 is 0 Å². The zero-order valence-corrected chi connectivity index (χ0v) is 9.18. The van der Waals surface area contributed by atoms with Crippen molar-refractivity contribution in [1.82, 2.24) is 0 Å². The molecule has 67 valence electrons. The van der Waals surface area contributed by atoms with Crippen LogP contribution in [0.2, 0.25) is 0 Å². The van der Waals surface area contributed by atoms with E-state index in [4.69, 9.17) is 5.73 Å². The van der Waals surface area contributed by atoms with E-state index >= 15 is 0 Å². The molecule has 0 aliphatic rings. The van der Waals surface area contributed by atoms with Crippen LogP contribution in [0.5, 0.6) is 0 Å². The molecule has 13 heavy (non-hydrogen) atoms. The molecule has 2 aromatic rings. The van der Waals surface area contributed by atoms with E-state index in [9.17, 15) is 0 Å². The molecule has 0 saturated carbocycles. The molecule has 2 heterocycles. The Kier molecular flexibility index (Phi) is 2.14. The molecule has 2 N–H and O–H groups in total.